The number of hydrogen-bond donors (Lipinski definition) is 1. The first kappa shape index (κ1) is 16.4. The van der Waals surface area contributed by atoms with E-state index < -0.39 is 10.2 Å². The zero-order chi connectivity index (χ0) is 15.5. The highest BCUT2D eigenvalue weighted by Crippen LogP contribution is 2.15. The minimum Gasteiger partial charge on any atom is -0.342 e. The number of nitrogens with zero attached hydrogens (tertiary/aromatic N) is 2. The van der Waals surface area contributed by atoms with Crippen LogP contribution in [0.15, 0.2) is 17.5 Å². The van der Waals surface area contributed by atoms with E-state index in [1.54, 1.807) is 11.3 Å². The average molecular weight is 331 g/mol. The van der Waals surface area contributed by atoms with Crippen molar-refractivity contribution in [2.24, 2.45) is 0 Å². The number of nitrogens with one attached hydrogen (secondary N) is 1. The van der Waals surface area contributed by atoms with E-state index in [2.05, 4.69) is 4.72 Å². The van der Waals surface area contributed by atoms with Gasteiger partial charge in [-0.05, 0) is 24.3 Å². The van der Waals surface area contributed by atoms with Crippen LogP contribution in [0.2, 0.25) is 0 Å². The Labute approximate surface area is 129 Å². The van der Waals surface area contributed by atoms with Gasteiger partial charge in [0.1, 0.15) is 0 Å². The summed E-state index contributed by atoms with van der Waals surface area (Å²) in [6, 6.07) is 3.80. The Morgan fingerprint density at radius 3 is 2.62 bits per heavy atom. The smallest absolute Gasteiger partial charge is 0.279 e. The maximum absolute atomic E-state index is 12.2. The topological polar surface area (TPSA) is 69.7 Å². The van der Waals surface area contributed by atoms with Gasteiger partial charge >= 0.3 is 0 Å². The van der Waals surface area contributed by atoms with Gasteiger partial charge < -0.3 is 4.90 Å². The molecule has 1 saturated heterocycles. The molecular formula is C13H21N3O3S2. The molecule has 1 fully saturated rings. The zero-order valence-electron chi connectivity index (χ0n) is 12.3. The summed E-state index contributed by atoms with van der Waals surface area (Å²) < 4.78 is 27.4. The van der Waals surface area contributed by atoms with Gasteiger partial charge in [-0.2, -0.15) is 17.4 Å². The van der Waals surface area contributed by atoms with E-state index in [-0.39, 0.29) is 11.9 Å². The van der Waals surface area contributed by atoms with Crippen molar-refractivity contribution in [2.75, 3.05) is 27.2 Å². The van der Waals surface area contributed by atoms with Crippen LogP contribution in [0.5, 0.6) is 0 Å². The fraction of sp³-hybridized carbons (Fsp3) is 0.615. The van der Waals surface area contributed by atoms with Gasteiger partial charge in [-0.15, -0.1) is 11.3 Å². The van der Waals surface area contributed by atoms with Crippen molar-refractivity contribution in [2.45, 2.75) is 25.3 Å². The third kappa shape index (κ3) is 4.50. The molecule has 2 heterocycles. The van der Waals surface area contributed by atoms with Crippen LogP contribution in [0, 0.1) is 0 Å². The van der Waals surface area contributed by atoms with Crippen molar-refractivity contribution in [1.29, 1.82) is 0 Å². The number of hydrogen-bond acceptors (Lipinski definition) is 4. The van der Waals surface area contributed by atoms with E-state index in [9.17, 15) is 13.2 Å². The maximum Gasteiger partial charge on any atom is 0.279 e. The second-order valence-corrected chi connectivity index (χ2v) is 8.26. The van der Waals surface area contributed by atoms with Crippen LogP contribution in [0.3, 0.4) is 0 Å². The molecular weight excluding hydrogens is 310 g/mol. The summed E-state index contributed by atoms with van der Waals surface area (Å²) in [5, 5.41) is 1.96. The summed E-state index contributed by atoms with van der Waals surface area (Å²) in [5.74, 6) is 0.117. The monoisotopic (exact) mass is 331 g/mol. The van der Waals surface area contributed by atoms with Gasteiger partial charge in [0.15, 0.2) is 0 Å². The van der Waals surface area contributed by atoms with Gasteiger partial charge in [0.05, 0.1) is 6.42 Å². The molecule has 2 rings (SSSR count). The molecule has 1 aromatic rings. The standard InChI is InChI=1S/C13H21N3O3S2/c1-15(2)21(18,19)14-11-5-7-16(8-6-11)13(17)10-12-4-3-9-20-12/h3-4,9,11,14H,5-8,10H2,1-2H3. The molecule has 0 spiro atoms. The largest absolute Gasteiger partial charge is 0.342 e. The lowest BCUT2D eigenvalue weighted by atomic mass is 10.1. The van der Waals surface area contributed by atoms with Gasteiger partial charge in [-0.25, -0.2) is 0 Å². The molecule has 0 aromatic carbocycles. The third-order valence-electron chi connectivity index (χ3n) is 3.55. The van der Waals surface area contributed by atoms with Crippen molar-refractivity contribution < 1.29 is 13.2 Å². The minimum absolute atomic E-state index is 0.0943. The van der Waals surface area contributed by atoms with E-state index >= 15 is 0 Å². The molecule has 0 bridgehead atoms. The summed E-state index contributed by atoms with van der Waals surface area (Å²) in [6.45, 7) is 1.20. The Morgan fingerprint density at radius 2 is 2.10 bits per heavy atom. The molecule has 21 heavy (non-hydrogen) atoms. The van der Waals surface area contributed by atoms with Crippen LogP contribution < -0.4 is 4.72 Å². The highest BCUT2D eigenvalue weighted by molar-refractivity contribution is 7.87. The van der Waals surface area contributed by atoms with Crippen molar-refractivity contribution in [1.82, 2.24) is 13.9 Å². The molecule has 0 radical (unpaired) electrons. The molecule has 0 atom stereocenters. The molecule has 6 nitrogen and oxygen atoms in total. The van der Waals surface area contributed by atoms with Crippen molar-refractivity contribution in [3.8, 4) is 0 Å². The summed E-state index contributed by atoms with van der Waals surface area (Å²) in [5.41, 5.74) is 0. The fourth-order valence-corrected chi connectivity index (χ4v) is 3.80. The van der Waals surface area contributed by atoms with E-state index in [1.165, 1.54) is 18.4 Å². The van der Waals surface area contributed by atoms with Crippen LogP contribution in [0.4, 0.5) is 0 Å². The lowest BCUT2D eigenvalue weighted by molar-refractivity contribution is -0.131. The number of carbonyl (C=O) groups is 1. The molecule has 1 N–H and O–H groups in total. The summed E-state index contributed by atoms with van der Waals surface area (Å²) in [7, 11) is -0.391. The van der Waals surface area contributed by atoms with Crippen molar-refractivity contribution >= 4 is 27.5 Å². The number of piperidine rings is 1. The molecule has 1 aromatic heterocycles. The van der Waals surface area contributed by atoms with Crippen LogP contribution in [-0.4, -0.2) is 56.8 Å². The first-order valence-electron chi connectivity index (χ1n) is 6.88. The highest BCUT2D eigenvalue weighted by Gasteiger charge is 2.26. The second-order valence-electron chi connectivity index (χ2n) is 5.32. The Bertz CT molecular complexity index is 561. The quantitative estimate of drug-likeness (QED) is 0.862. The van der Waals surface area contributed by atoms with Crippen molar-refractivity contribution in [3.05, 3.63) is 22.4 Å². The molecule has 1 aliphatic rings. The lowest BCUT2D eigenvalue weighted by Crippen LogP contribution is -2.49. The van der Waals surface area contributed by atoms with E-state index in [4.69, 9.17) is 0 Å². The van der Waals surface area contributed by atoms with Crippen LogP contribution in [0.1, 0.15) is 17.7 Å². The number of carbonyl (C=O) groups excluding carboxylic acids is 1. The SMILES string of the molecule is CN(C)S(=O)(=O)NC1CCN(C(=O)Cc2cccs2)CC1. The van der Waals surface area contributed by atoms with Crippen molar-refractivity contribution in [3.63, 3.8) is 0 Å². The Kier molecular flexibility index (Phi) is 5.37. The second kappa shape index (κ2) is 6.87. The van der Waals surface area contributed by atoms with Gasteiger partial charge in [-0.3, -0.25) is 4.79 Å². The van der Waals surface area contributed by atoms with Crippen LogP contribution >= 0.6 is 11.3 Å². The van der Waals surface area contributed by atoms with E-state index in [1.807, 2.05) is 22.4 Å². The Morgan fingerprint density at radius 1 is 1.43 bits per heavy atom. The molecule has 0 saturated carbocycles. The Balaban J connectivity index is 1.82. The number of amides is 1. The summed E-state index contributed by atoms with van der Waals surface area (Å²) in [6.07, 6.45) is 1.75. The summed E-state index contributed by atoms with van der Waals surface area (Å²) in [4.78, 5) is 15.0. The first-order valence-corrected chi connectivity index (χ1v) is 9.20. The van der Waals surface area contributed by atoms with E-state index in [0.29, 0.717) is 32.4 Å². The molecule has 1 aliphatic heterocycles. The molecule has 8 heteroatoms. The summed E-state index contributed by atoms with van der Waals surface area (Å²) >= 11 is 1.58. The lowest BCUT2D eigenvalue weighted by Gasteiger charge is -2.32. The molecule has 0 aliphatic carbocycles. The van der Waals surface area contributed by atoms with Crippen LogP contribution in [0.25, 0.3) is 0 Å². The van der Waals surface area contributed by atoms with Gasteiger partial charge in [0.2, 0.25) is 5.91 Å². The van der Waals surface area contributed by atoms with Crippen LogP contribution in [-0.2, 0) is 21.4 Å². The third-order valence-corrected chi connectivity index (χ3v) is 6.02. The normalized spacial score (nSPS) is 17.4. The predicted octanol–water partition coefficient (Wildman–Crippen LogP) is 0.678. The minimum atomic E-state index is -3.40. The molecule has 0 unspecified atom stereocenters. The van der Waals surface area contributed by atoms with Gasteiger partial charge in [0, 0.05) is 38.1 Å². The average Bonchev–Trinajstić information content (AvgIpc) is 2.91. The number of likely N-dealkylation sites (tertiary alicyclic amines) is 1. The Hall–Kier alpha value is -0.960. The van der Waals surface area contributed by atoms with E-state index in [0.717, 1.165) is 4.88 Å². The number of rotatable bonds is 5. The zero-order valence-corrected chi connectivity index (χ0v) is 13.9. The number of thiophene rings is 1. The fourth-order valence-electron chi connectivity index (χ4n) is 2.24. The highest BCUT2D eigenvalue weighted by atomic mass is 32.2. The maximum atomic E-state index is 12.2. The first-order chi connectivity index (χ1) is 9.88. The van der Waals surface area contributed by atoms with Gasteiger partial charge in [-0.1, -0.05) is 6.07 Å². The molecule has 1 amide bonds. The predicted molar refractivity (Wildman–Crippen MR) is 83.4 cm³/mol. The van der Waals surface area contributed by atoms with Gasteiger partial charge in [0.25, 0.3) is 10.2 Å². The molecule has 118 valence electrons.